The van der Waals surface area contributed by atoms with Crippen molar-refractivity contribution >= 4 is 43.6 Å². The Kier molecular flexibility index (Phi) is 9.71. The van der Waals surface area contributed by atoms with E-state index in [9.17, 15) is 23.7 Å². The zero-order valence-corrected chi connectivity index (χ0v) is 36.2. The number of hydrogen-bond donors (Lipinski definition) is 0. The molecule has 0 aliphatic heterocycles. The summed E-state index contributed by atoms with van der Waals surface area (Å²) in [5.41, 5.74) is 5.42. The van der Waals surface area contributed by atoms with Crippen LogP contribution in [0, 0.1) is 22.7 Å². The van der Waals surface area contributed by atoms with Crippen LogP contribution in [0.5, 0.6) is 0 Å². The third kappa shape index (κ3) is 7.01. The van der Waals surface area contributed by atoms with Gasteiger partial charge in [-0.15, -0.1) is 0 Å². The molecule has 12 nitrogen and oxygen atoms in total. The number of nitriles is 2. The summed E-state index contributed by atoms with van der Waals surface area (Å²) < 4.78 is 48.1. The van der Waals surface area contributed by atoms with Gasteiger partial charge in [-0.2, -0.15) is 23.7 Å². The van der Waals surface area contributed by atoms with Gasteiger partial charge in [-0.25, -0.2) is 39.9 Å². The van der Waals surface area contributed by atoms with E-state index in [1.54, 1.807) is 86.0 Å². The molecule has 0 saturated heterocycles. The summed E-state index contributed by atoms with van der Waals surface area (Å²) >= 11 is 0. The van der Waals surface area contributed by atoms with Gasteiger partial charge in [0.2, 0.25) is 0 Å². The number of fused-ring (bicyclic) bond motifs is 6. The highest BCUT2D eigenvalue weighted by molar-refractivity contribution is 6.13. The second kappa shape index (κ2) is 16.4. The lowest BCUT2D eigenvalue weighted by Crippen LogP contribution is -2.07. The Morgan fingerprint density at radius 2 is 0.700 bits per heavy atom. The number of nitrogens with zero attached hydrogens (tertiary/aromatic N) is 12. The van der Waals surface area contributed by atoms with Crippen molar-refractivity contribution in [2.75, 3.05) is 0 Å². The van der Waals surface area contributed by atoms with Gasteiger partial charge in [0.25, 0.3) is 0 Å². The summed E-state index contributed by atoms with van der Waals surface area (Å²) in [6, 6.07) is 41.4. The molecule has 15 heteroatoms. The predicted molar refractivity (Wildman–Crippen MR) is 259 cm³/mol. The van der Waals surface area contributed by atoms with Crippen molar-refractivity contribution in [2.45, 2.75) is 6.18 Å². The van der Waals surface area contributed by atoms with Gasteiger partial charge in [0, 0.05) is 93.4 Å². The molecule has 0 N–H and O–H groups in total. The van der Waals surface area contributed by atoms with E-state index < -0.39 is 11.7 Å². The highest BCUT2D eigenvalue weighted by atomic mass is 19.4. The molecule has 0 unspecified atom stereocenters. The molecule has 12 aromatic rings. The molecule has 0 aliphatic rings. The molecule has 330 valence electrons. The average Bonchev–Trinajstić information content (AvgIpc) is 3.92. The lowest BCUT2D eigenvalue weighted by atomic mass is 9.96. The maximum Gasteiger partial charge on any atom is 0.416 e. The van der Waals surface area contributed by atoms with Gasteiger partial charge >= 0.3 is 6.18 Å². The number of hydrogen-bond acceptors (Lipinski definition) is 10. The lowest BCUT2D eigenvalue weighted by molar-refractivity contribution is -0.137. The second-order valence-corrected chi connectivity index (χ2v) is 16.3. The molecule has 12 rings (SSSR count). The third-order valence-electron chi connectivity index (χ3n) is 12.2. The molecule has 0 bridgehead atoms. The number of rotatable bonds is 7. The monoisotopic (exact) mass is 914 g/mol. The zero-order chi connectivity index (χ0) is 47.5. The van der Waals surface area contributed by atoms with E-state index >= 15 is 0 Å². The summed E-state index contributed by atoms with van der Waals surface area (Å²) in [6.45, 7) is 0. The standard InChI is InChI=1S/C55H29F3N12/c56-55(57,58)39-22-32(30-59)21-37(23-39)38-28-49(69-45-24-33(51-61-13-1-14-62-51)5-9-40(45)41-10-6-34(25-46(41)69)52-63-15-2-16-64-52)44(31-60)50(29-38)70-47-26-35(53-65-17-3-18-66-53)7-11-42(47)43-12-8-36(27-48(43)70)54-67-19-4-20-68-54/h1-29H. The fourth-order valence-electron chi connectivity index (χ4n) is 9.17. The van der Waals surface area contributed by atoms with Crippen LogP contribution in [0.2, 0.25) is 0 Å². The van der Waals surface area contributed by atoms with Crippen molar-refractivity contribution in [3.05, 3.63) is 194 Å². The minimum atomic E-state index is -4.78. The molecule has 0 atom stereocenters. The first kappa shape index (κ1) is 41.4. The SMILES string of the molecule is N#Cc1cc(-c2cc(-n3c4cc(-c5ncccn5)ccc4c4ccc(-c5ncccn5)cc43)c(C#N)c(-n3c4cc(-c5ncccn5)ccc4c4ccc(-c5ncccn5)cc43)c2)cc(C(F)(F)F)c1. The first-order chi connectivity index (χ1) is 34.2. The minimum Gasteiger partial charge on any atom is -0.308 e. The van der Waals surface area contributed by atoms with E-state index in [0.29, 0.717) is 84.6 Å². The largest absolute Gasteiger partial charge is 0.416 e. The van der Waals surface area contributed by atoms with Crippen molar-refractivity contribution in [3.8, 4) is 80.2 Å². The summed E-state index contributed by atoms with van der Waals surface area (Å²) in [6.07, 6.45) is 8.43. The molecule has 6 aromatic heterocycles. The summed E-state index contributed by atoms with van der Waals surface area (Å²) in [7, 11) is 0. The first-order valence-electron chi connectivity index (χ1n) is 21.7. The first-order valence-corrected chi connectivity index (χ1v) is 21.7. The number of benzene rings is 6. The van der Waals surface area contributed by atoms with E-state index in [1.165, 1.54) is 6.07 Å². The minimum absolute atomic E-state index is 0.105. The van der Waals surface area contributed by atoms with Gasteiger partial charge < -0.3 is 9.13 Å². The van der Waals surface area contributed by atoms with Crippen molar-refractivity contribution in [1.29, 1.82) is 10.5 Å². The highest BCUT2D eigenvalue weighted by Crippen LogP contribution is 2.43. The Bertz CT molecular complexity index is 3710. The van der Waals surface area contributed by atoms with Gasteiger partial charge in [0.05, 0.1) is 50.6 Å². The molecular weight excluding hydrogens is 886 g/mol. The molecular formula is C55H29F3N12. The van der Waals surface area contributed by atoms with Crippen LogP contribution in [0.25, 0.3) is 112 Å². The second-order valence-electron chi connectivity index (χ2n) is 16.3. The van der Waals surface area contributed by atoms with Crippen LogP contribution in [0.1, 0.15) is 16.7 Å². The van der Waals surface area contributed by atoms with Gasteiger partial charge in [0.15, 0.2) is 23.3 Å². The Hall–Kier alpha value is -9.99. The number of aromatic nitrogens is 10. The number of alkyl halides is 3. The quantitative estimate of drug-likeness (QED) is 0.150. The van der Waals surface area contributed by atoms with E-state index in [4.69, 9.17) is 0 Å². The zero-order valence-electron chi connectivity index (χ0n) is 36.2. The third-order valence-corrected chi connectivity index (χ3v) is 12.2. The molecule has 0 radical (unpaired) electrons. The summed E-state index contributed by atoms with van der Waals surface area (Å²) in [5.74, 6) is 1.85. The molecule has 0 saturated carbocycles. The van der Waals surface area contributed by atoms with Crippen LogP contribution in [0.3, 0.4) is 0 Å². The van der Waals surface area contributed by atoms with Crippen molar-refractivity contribution in [3.63, 3.8) is 0 Å². The van der Waals surface area contributed by atoms with Crippen molar-refractivity contribution < 1.29 is 13.2 Å². The normalized spacial score (nSPS) is 11.6. The van der Waals surface area contributed by atoms with Crippen molar-refractivity contribution in [2.24, 2.45) is 0 Å². The van der Waals surface area contributed by atoms with Crippen LogP contribution in [0.15, 0.2) is 177 Å². The van der Waals surface area contributed by atoms with E-state index in [1.807, 2.05) is 88.0 Å². The van der Waals surface area contributed by atoms with Crippen LogP contribution >= 0.6 is 0 Å². The Morgan fingerprint density at radius 3 is 1.00 bits per heavy atom. The van der Waals surface area contributed by atoms with E-state index in [0.717, 1.165) is 33.7 Å². The topological polar surface area (TPSA) is 161 Å². The molecule has 6 heterocycles. The fourth-order valence-corrected chi connectivity index (χ4v) is 9.17. The Balaban J connectivity index is 1.25. The van der Waals surface area contributed by atoms with Crippen LogP contribution in [0.4, 0.5) is 13.2 Å². The molecule has 0 amide bonds. The van der Waals surface area contributed by atoms with Crippen molar-refractivity contribution in [1.82, 2.24) is 49.0 Å². The predicted octanol–water partition coefficient (Wildman–Crippen LogP) is 12.1. The lowest BCUT2D eigenvalue weighted by Gasteiger charge is -2.19. The average molecular weight is 915 g/mol. The fraction of sp³-hybridized carbons (Fsp3) is 0.0182. The van der Waals surface area contributed by atoms with Gasteiger partial charge in [0.1, 0.15) is 11.6 Å². The van der Waals surface area contributed by atoms with Crippen LogP contribution < -0.4 is 0 Å². The van der Waals surface area contributed by atoms with Gasteiger partial charge in [-0.05, 0) is 90.0 Å². The smallest absolute Gasteiger partial charge is 0.308 e. The molecule has 0 fully saturated rings. The van der Waals surface area contributed by atoms with Gasteiger partial charge in [-0.1, -0.05) is 48.5 Å². The van der Waals surface area contributed by atoms with Crippen LogP contribution in [-0.2, 0) is 6.18 Å². The molecule has 0 spiro atoms. The molecule has 0 aliphatic carbocycles. The summed E-state index contributed by atoms with van der Waals surface area (Å²) in [5, 5.41) is 25.2. The summed E-state index contributed by atoms with van der Waals surface area (Å²) in [4.78, 5) is 36.3. The molecule has 6 aromatic carbocycles. The van der Waals surface area contributed by atoms with Crippen LogP contribution in [-0.4, -0.2) is 49.0 Å². The maximum absolute atomic E-state index is 14.7. The molecule has 70 heavy (non-hydrogen) atoms. The Labute approximate surface area is 395 Å². The Morgan fingerprint density at radius 1 is 0.371 bits per heavy atom. The van der Waals surface area contributed by atoms with E-state index in [2.05, 4.69) is 45.9 Å². The van der Waals surface area contributed by atoms with E-state index in [-0.39, 0.29) is 16.7 Å². The highest BCUT2D eigenvalue weighted by Gasteiger charge is 2.32. The maximum atomic E-state index is 14.7. The number of halogens is 3. The van der Waals surface area contributed by atoms with Gasteiger partial charge in [-0.3, -0.25) is 0 Å².